The molecule has 0 aromatic heterocycles. The van der Waals surface area contributed by atoms with Gasteiger partial charge in [-0.1, -0.05) is 11.6 Å². The lowest BCUT2D eigenvalue weighted by Gasteiger charge is -2.32. The third kappa shape index (κ3) is 3.91. The second-order valence-corrected chi connectivity index (χ2v) is 5.90. The highest BCUT2D eigenvalue weighted by Gasteiger charge is 2.19. The highest BCUT2D eigenvalue weighted by Crippen LogP contribution is 2.25. The van der Waals surface area contributed by atoms with Crippen molar-refractivity contribution in [1.82, 2.24) is 4.90 Å². The van der Waals surface area contributed by atoms with Gasteiger partial charge < -0.3 is 5.73 Å². The molecular formula is C15H22ClFN2. The van der Waals surface area contributed by atoms with E-state index in [4.69, 9.17) is 17.3 Å². The van der Waals surface area contributed by atoms with Crippen LogP contribution in [0.15, 0.2) is 12.1 Å². The van der Waals surface area contributed by atoms with Crippen LogP contribution in [0.3, 0.4) is 0 Å². The van der Waals surface area contributed by atoms with Crippen molar-refractivity contribution in [2.75, 3.05) is 19.6 Å². The predicted molar refractivity (Wildman–Crippen MR) is 77.8 cm³/mol. The molecule has 2 rings (SSSR count). The molecule has 0 amide bonds. The summed E-state index contributed by atoms with van der Waals surface area (Å²) >= 11 is 6.19. The Labute approximate surface area is 119 Å². The largest absolute Gasteiger partial charge is 0.330 e. The molecule has 19 heavy (non-hydrogen) atoms. The molecule has 4 heteroatoms. The summed E-state index contributed by atoms with van der Waals surface area (Å²) in [6.45, 7) is 5.36. The van der Waals surface area contributed by atoms with E-state index in [-0.39, 0.29) is 5.82 Å². The van der Waals surface area contributed by atoms with E-state index >= 15 is 0 Å². The first-order chi connectivity index (χ1) is 9.10. The summed E-state index contributed by atoms with van der Waals surface area (Å²) in [4.78, 5) is 2.35. The lowest BCUT2D eigenvalue weighted by Crippen LogP contribution is -2.34. The SMILES string of the molecule is Cc1cc(Cl)c(CN2CCC(CCN)CC2)cc1F. The molecular weight excluding hydrogens is 263 g/mol. The van der Waals surface area contributed by atoms with Gasteiger partial charge in [-0.15, -0.1) is 0 Å². The highest BCUT2D eigenvalue weighted by molar-refractivity contribution is 6.31. The zero-order chi connectivity index (χ0) is 13.8. The molecule has 1 aliphatic rings. The van der Waals surface area contributed by atoms with Gasteiger partial charge in [0.25, 0.3) is 0 Å². The van der Waals surface area contributed by atoms with E-state index in [1.165, 1.54) is 12.8 Å². The Morgan fingerprint density at radius 1 is 1.37 bits per heavy atom. The second kappa shape index (κ2) is 6.69. The predicted octanol–water partition coefficient (Wildman–Crippen LogP) is 3.35. The quantitative estimate of drug-likeness (QED) is 0.919. The van der Waals surface area contributed by atoms with Crippen molar-refractivity contribution >= 4 is 11.6 Å². The van der Waals surface area contributed by atoms with Crippen molar-refractivity contribution in [3.05, 3.63) is 34.1 Å². The average Bonchev–Trinajstić information content (AvgIpc) is 2.38. The Morgan fingerprint density at radius 2 is 2.05 bits per heavy atom. The van der Waals surface area contributed by atoms with Gasteiger partial charge in [0.1, 0.15) is 5.82 Å². The summed E-state index contributed by atoms with van der Waals surface area (Å²) in [7, 11) is 0. The maximum Gasteiger partial charge on any atom is 0.126 e. The molecule has 1 heterocycles. The Hall–Kier alpha value is -0.640. The molecule has 1 aromatic rings. The summed E-state index contributed by atoms with van der Waals surface area (Å²) in [5, 5.41) is 0.669. The molecule has 0 saturated carbocycles. The molecule has 0 radical (unpaired) electrons. The summed E-state index contributed by atoms with van der Waals surface area (Å²) in [5.74, 6) is 0.587. The maximum atomic E-state index is 13.6. The minimum absolute atomic E-state index is 0.169. The van der Waals surface area contributed by atoms with Crippen molar-refractivity contribution in [3.63, 3.8) is 0 Å². The van der Waals surface area contributed by atoms with Crippen LogP contribution < -0.4 is 5.73 Å². The van der Waals surface area contributed by atoms with Crippen LogP contribution in [0, 0.1) is 18.7 Å². The summed E-state index contributed by atoms with van der Waals surface area (Å²) < 4.78 is 13.6. The third-order valence-electron chi connectivity index (χ3n) is 4.00. The van der Waals surface area contributed by atoms with Gasteiger partial charge in [0.2, 0.25) is 0 Å². The molecule has 0 atom stereocenters. The Morgan fingerprint density at radius 3 is 2.68 bits per heavy atom. The second-order valence-electron chi connectivity index (χ2n) is 5.49. The van der Waals surface area contributed by atoms with Gasteiger partial charge in [-0.05, 0) is 75.0 Å². The molecule has 0 aliphatic carbocycles. The normalized spacial score (nSPS) is 17.9. The molecule has 106 valence electrons. The molecule has 2 N–H and O–H groups in total. The fourth-order valence-corrected chi connectivity index (χ4v) is 3.00. The van der Waals surface area contributed by atoms with Gasteiger partial charge in [-0.25, -0.2) is 4.39 Å². The van der Waals surface area contributed by atoms with Gasteiger partial charge in [-0.2, -0.15) is 0 Å². The third-order valence-corrected chi connectivity index (χ3v) is 4.36. The first-order valence-corrected chi connectivity index (χ1v) is 7.35. The van der Waals surface area contributed by atoms with E-state index in [1.807, 2.05) is 0 Å². The fourth-order valence-electron chi connectivity index (χ4n) is 2.72. The van der Waals surface area contributed by atoms with Crippen LogP contribution in [-0.4, -0.2) is 24.5 Å². The molecule has 2 nitrogen and oxygen atoms in total. The standard InChI is InChI=1S/C15H22ClFN2/c1-11-8-14(16)13(9-15(11)17)10-19-6-3-12(2-5-18)4-7-19/h8-9,12H,2-7,10,18H2,1H3. The maximum absolute atomic E-state index is 13.6. The number of benzene rings is 1. The number of piperidine rings is 1. The van der Waals surface area contributed by atoms with E-state index in [2.05, 4.69) is 4.90 Å². The van der Waals surface area contributed by atoms with Crippen molar-refractivity contribution in [3.8, 4) is 0 Å². The number of aryl methyl sites for hydroxylation is 1. The Balaban J connectivity index is 1.94. The fraction of sp³-hybridized carbons (Fsp3) is 0.600. The molecule has 0 unspecified atom stereocenters. The van der Waals surface area contributed by atoms with Crippen LogP contribution >= 0.6 is 11.6 Å². The topological polar surface area (TPSA) is 29.3 Å². The first-order valence-electron chi connectivity index (χ1n) is 6.97. The molecule has 1 aliphatic heterocycles. The van der Waals surface area contributed by atoms with E-state index in [1.54, 1.807) is 19.1 Å². The zero-order valence-electron chi connectivity index (χ0n) is 11.5. The van der Waals surface area contributed by atoms with Crippen LogP contribution in [0.2, 0.25) is 5.02 Å². The van der Waals surface area contributed by atoms with E-state index < -0.39 is 0 Å². The van der Waals surface area contributed by atoms with Gasteiger partial charge in [0.05, 0.1) is 0 Å². The minimum atomic E-state index is -0.169. The molecule has 1 aromatic carbocycles. The van der Waals surface area contributed by atoms with Crippen molar-refractivity contribution in [1.29, 1.82) is 0 Å². The monoisotopic (exact) mass is 284 g/mol. The molecule has 1 saturated heterocycles. The van der Waals surface area contributed by atoms with E-state index in [0.29, 0.717) is 10.6 Å². The number of nitrogens with two attached hydrogens (primary N) is 1. The van der Waals surface area contributed by atoms with Crippen LogP contribution in [-0.2, 0) is 6.54 Å². The number of hydrogen-bond acceptors (Lipinski definition) is 2. The lowest BCUT2D eigenvalue weighted by atomic mass is 9.93. The summed E-state index contributed by atoms with van der Waals surface area (Å²) in [6, 6.07) is 3.29. The zero-order valence-corrected chi connectivity index (χ0v) is 12.2. The molecule has 0 spiro atoms. The van der Waals surface area contributed by atoms with Gasteiger partial charge in [-0.3, -0.25) is 4.90 Å². The Kier molecular flexibility index (Phi) is 5.20. The van der Waals surface area contributed by atoms with Crippen molar-refractivity contribution < 1.29 is 4.39 Å². The number of nitrogens with zero attached hydrogens (tertiary/aromatic N) is 1. The highest BCUT2D eigenvalue weighted by atomic mass is 35.5. The van der Waals surface area contributed by atoms with Crippen molar-refractivity contribution in [2.24, 2.45) is 11.7 Å². The summed E-state index contributed by atoms with van der Waals surface area (Å²) in [5.41, 5.74) is 7.09. The number of hydrogen-bond donors (Lipinski definition) is 1. The Bertz CT molecular complexity index is 428. The van der Waals surface area contributed by atoms with Gasteiger partial charge in [0, 0.05) is 11.6 Å². The van der Waals surface area contributed by atoms with Gasteiger partial charge >= 0.3 is 0 Å². The van der Waals surface area contributed by atoms with E-state index in [0.717, 1.165) is 44.1 Å². The number of likely N-dealkylation sites (tertiary alicyclic amines) is 1. The van der Waals surface area contributed by atoms with Crippen LogP contribution in [0.1, 0.15) is 30.4 Å². The average molecular weight is 285 g/mol. The molecule has 0 bridgehead atoms. The van der Waals surface area contributed by atoms with Gasteiger partial charge in [0.15, 0.2) is 0 Å². The first kappa shape index (κ1) is 14.8. The van der Waals surface area contributed by atoms with Crippen LogP contribution in [0.25, 0.3) is 0 Å². The van der Waals surface area contributed by atoms with Crippen LogP contribution in [0.4, 0.5) is 4.39 Å². The van der Waals surface area contributed by atoms with Crippen LogP contribution in [0.5, 0.6) is 0 Å². The van der Waals surface area contributed by atoms with E-state index in [9.17, 15) is 4.39 Å². The minimum Gasteiger partial charge on any atom is -0.330 e. The number of rotatable bonds is 4. The molecule has 1 fully saturated rings. The van der Waals surface area contributed by atoms with Crippen molar-refractivity contribution in [2.45, 2.75) is 32.7 Å². The number of halogens is 2. The smallest absolute Gasteiger partial charge is 0.126 e. The lowest BCUT2D eigenvalue weighted by molar-refractivity contribution is 0.173. The summed E-state index contributed by atoms with van der Waals surface area (Å²) in [6.07, 6.45) is 3.49.